The first-order chi connectivity index (χ1) is 12.8. The molecule has 1 aliphatic heterocycles. The van der Waals surface area contributed by atoms with Gasteiger partial charge in [-0.05, 0) is 25.0 Å². The van der Waals surface area contributed by atoms with E-state index >= 15 is 0 Å². The SMILES string of the molecule is COCCNC(=O)C1CCN(c2ccnc3cnc4[nH]ccc4c23)CC1. The molecule has 0 spiro atoms. The van der Waals surface area contributed by atoms with Crippen molar-refractivity contribution in [2.24, 2.45) is 5.92 Å². The van der Waals surface area contributed by atoms with Crippen molar-refractivity contribution in [2.45, 2.75) is 12.8 Å². The van der Waals surface area contributed by atoms with Gasteiger partial charge >= 0.3 is 0 Å². The molecule has 26 heavy (non-hydrogen) atoms. The van der Waals surface area contributed by atoms with Gasteiger partial charge in [0.05, 0.1) is 18.3 Å². The molecule has 2 N–H and O–H groups in total. The zero-order valence-corrected chi connectivity index (χ0v) is 14.9. The first-order valence-electron chi connectivity index (χ1n) is 9.00. The van der Waals surface area contributed by atoms with Crippen LogP contribution in [0.5, 0.6) is 0 Å². The van der Waals surface area contributed by atoms with Crippen molar-refractivity contribution in [1.82, 2.24) is 20.3 Å². The van der Waals surface area contributed by atoms with E-state index in [1.54, 1.807) is 7.11 Å². The number of nitrogens with one attached hydrogen (secondary N) is 2. The Morgan fingerprint density at radius 2 is 2.19 bits per heavy atom. The molecule has 3 aromatic heterocycles. The van der Waals surface area contributed by atoms with E-state index < -0.39 is 0 Å². The molecule has 1 fully saturated rings. The van der Waals surface area contributed by atoms with Gasteiger partial charge in [-0.25, -0.2) is 4.98 Å². The topological polar surface area (TPSA) is 83.1 Å². The minimum atomic E-state index is 0.0742. The summed E-state index contributed by atoms with van der Waals surface area (Å²) in [4.78, 5) is 26.7. The quantitative estimate of drug-likeness (QED) is 0.686. The largest absolute Gasteiger partial charge is 0.383 e. The molecule has 0 saturated carbocycles. The van der Waals surface area contributed by atoms with E-state index in [0.717, 1.165) is 47.9 Å². The molecule has 4 rings (SSSR count). The van der Waals surface area contributed by atoms with Crippen LogP contribution in [0.2, 0.25) is 0 Å². The molecule has 0 radical (unpaired) electrons. The number of fused-ring (bicyclic) bond motifs is 3. The van der Waals surface area contributed by atoms with E-state index in [4.69, 9.17) is 4.74 Å². The number of anilines is 1. The van der Waals surface area contributed by atoms with Gasteiger partial charge < -0.3 is 19.9 Å². The van der Waals surface area contributed by atoms with Gasteiger partial charge in [-0.1, -0.05) is 0 Å². The van der Waals surface area contributed by atoms with Crippen molar-refractivity contribution in [3.8, 4) is 0 Å². The molecule has 0 aliphatic carbocycles. The second-order valence-electron chi connectivity index (χ2n) is 6.63. The highest BCUT2D eigenvalue weighted by molar-refractivity contribution is 6.10. The van der Waals surface area contributed by atoms with Gasteiger partial charge in [0.2, 0.25) is 5.91 Å². The summed E-state index contributed by atoms with van der Waals surface area (Å²) in [5.41, 5.74) is 2.94. The number of nitrogens with zero attached hydrogens (tertiary/aromatic N) is 3. The molecular weight excluding hydrogens is 330 g/mol. The number of carbonyl (C=O) groups excluding carboxylic acids is 1. The number of aromatic nitrogens is 3. The van der Waals surface area contributed by atoms with Crippen molar-refractivity contribution in [3.63, 3.8) is 0 Å². The van der Waals surface area contributed by atoms with Crippen LogP contribution in [0, 0.1) is 5.92 Å². The lowest BCUT2D eigenvalue weighted by Gasteiger charge is -2.33. The molecule has 0 bridgehead atoms. The maximum Gasteiger partial charge on any atom is 0.223 e. The fraction of sp³-hybridized carbons (Fsp3) is 0.421. The fourth-order valence-electron chi connectivity index (χ4n) is 3.70. The Morgan fingerprint density at radius 3 is 3.00 bits per heavy atom. The van der Waals surface area contributed by atoms with Crippen LogP contribution in [0.1, 0.15) is 12.8 Å². The van der Waals surface area contributed by atoms with Gasteiger partial charge in [0.1, 0.15) is 5.65 Å². The van der Waals surface area contributed by atoms with Crippen molar-refractivity contribution in [1.29, 1.82) is 0 Å². The normalized spacial score (nSPS) is 15.7. The monoisotopic (exact) mass is 353 g/mol. The Balaban J connectivity index is 1.53. The second-order valence-corrected chi connectivity index (χ2v) is 6.63. The number of rotatable bonds is 5. The molecule has 136 valence electrons. The summed E-state index contributed by atoms with van der Waals surface area (Å²) < 4.78 is 4.99. The predicted octanol–water partition coefficient (Wildman–Crippen LogP) is 2.09. The third-order valence-corrected chi connectivity index (χ3v) is 5.08. The second kappa shape index (κ2) is 7.29. The Labute approximate surface area is 151 Å². The zero-order chi connectivity index (χ0) is 17.9. The number of pyridine rings is 2. The molecule has 0 atom stereocenters. The van der Waals surface area contributed by atoms with Gasteiger partial charge in [0.25, 0.3) is 0 Å². The molecule has 1 aliphatic rings. The molecule has 1 amide bonds. The molecule has 7 heteroatoms. The van der Waals surface area contributed by atoms with Crippen LogP contribution >= 0.6 is 0 Å². The summed E-state index contributed by atoms with van der Waals surface area (Å²) in [6.07, 6.45) is 7.26. The number of methoxy groups -OCH3 is 1. The van der Waals surface area contributed by atoms with Crippen LogP contribution in [-0.4, -0.2) is 54.2 Å². The highest BCUT2D eigenvalue weighted by atomic mass is 16.5. The maximum absolute atomic E-state index is 12.3. The Hall–Kier alpha value is -2.67. The number of aromatic amines is 1. The van der Waals surface area contributed by atoms with Gasteiger partial charge in [-0.2, -0.15) is 0 Å². The summed E-state index contributed by atoms with van der Waals surface area (Å²) in [5.74, 6) is 0.212. The standard InChI is InChI=1S/C19H23N5O2/c1-26-11-8-22-19(25)13-4-9-24(10-5-13)16-3-7-20-15-12-23-18-14(17(15)16)2-6-21-18/h2-3,6-7,12-13H,4-5,8-11H2,1H3,(H,21,23)(H,22,25). The minimum absolute atomic E-state index is 0.0742. The molecule has 7 nitrogen and oxygen atoms in total. The van der Waals surface area contributed by atoms with Crippen LogP contribution in [0.25, 0.3) is 21.9 Å². The third-order valence-electron chi connectivity index (χ3n) is 5.08. The molecule has 0 unspecified atom stereocenters. The first kappa shape index (κ1) is 16.8. The third kappa shape index (κ3) is 3.10. The first-order valence-corrected chi connectivity index (χ1v) is 9.00. The number of amides is 1. The minimum Gasteiger partial charge on any atom is -0.383 e. The number of carbonyl (C=O) groups is 1. The lowest BCUT2D eigenvalue weighted by atomic mass is 9.95. The summed E-state index contributed by atoms with van der Waals surface area (Å²) in [7, 11) is 1.64. The molecule has 0 aromatic carbocycles. The van der Waals surface area contributed by atoms with Crippen molar-refractivity contribution in [2.75, 3.05) is 38.3 Å². The Morgan fingerprint density at radius 1 is 1.35 bits per heavy atom. The van der Waals surface area contributed by atoms with Crippen LogP contribution in [0.15, 0.2) is 30.7 Å². The molecule has 1 saturated heterocycles. The number of piperidine rings is 1. The van der Waals surface area contributed by atoms with Crippen LogP contribution in [0.3, 0.4) is 0 Å². The lowest BCUT2D eigenvalue weighted by Crippen LogP contribution is -2.41. The fourth-order valence-corrected chi connectivity index (χ4v) is 3.70. The van der Waals surface area contributed by atoms with Gasteiger partial charge in [0, 0.05) is 61.5 Å². The smallest absolute Gasteiger partial charge is 0.223 e. The Kier molecular flexibility index (Phi) is 4.71. The highest BCUT2D eigenvalue weighted by Crippen LogP contribution is 2.33. The molecular formula is C19H23N5O2. The van der Waals surface area contributed by atoms with Crippen LogP contribution in [-0.2, 0) is 9.53 Å². The van der Waals surface area contributed by atoms with Crippen LogP contribution in [0.4, 0.5) is 5.69 Å². The van der Waals surface area contributed by atoms with Gasteiger partial charge in [-0.15, -0.1) is 0 Å². The van der Waals surface area contributed by atoms with E-state index in [1.807, 2.05) is 24.7 Å². The number of hydrogen-bond acceptors (Lipinski definition) is 5. The summed E-state index contributed by atoms with van der Waals surface area (Å²) >= 11 is 0. The molecule has 4 heterocycles. The van der Waals surface area contributed by atoms with Crippen molar-refractivity contribution in [3.05, 3.63) is 30.7 Å². The highest BCUT2D eigenvalue weighted by Gasteiger charge is 2.26. The Bertz CT molecular complexity index is 915. The summed E-state index contributed by atoms with van der Waals surface area (Å²) in [5, 5.41) is 5.17. The number of ether oxygens (including phenoxy) is 1. The van der Waals surface area contributed by atoms with E-state index in [-0.39, 0.29) is 11.8 Å². The zero-order valence-electron chi connectivity index (χ0n) is 14.9. The van der Waals surface area contributed by atoms with E-state index in [9.17, 15) is 4.79 Å². The lowest BCUT2D eigenvalue weighted by molar-refractivity contribution is -0.125. The maximum atomic E-state index is 12.3. The summed E-state index contributed by atoms with van der Waals surface area (Å²) in [6.45, 7) is 2.84. The van der Waals surface area contributed by atoms with Gasteiger partial charge in [-0.3, -0.25) is 9.78 Å². The van der Waals surface area contributed by atoms with Gasteiger partial charge in [0.15, 0.2) is 0 Å². The van der Waals surface area contributed by atoms with E-state index in [2.05, 4.69) is 31.2 Å². The summed E-state index contributed by atoms with van der Waals surface area (Å²) in [6, 6.07) is 4.11. The van der Waals surface area contributed by atoms with Crippen molar-refractivity contribution < 1.29 is 9.53 Å². The average molecular weight is 353 g/mol. The average Bonchev–Trinajstić information content (AvgIpc) is 3.17. The van der Waals surface area contributed by atoms with Crippen LogP contribution < -0.4 is 10.2 Å². The van der Waals surface area contributed by atoms with E-state index in [1.165, 1.54) is 5.69 Å². The van der Waals surface area contributed by atoms with E-state index in [0.29, 0.717) is 13.2 Å². The number of H-pyrrole nitrogens is 1. The number of hydrogen-bond donors (Lipinski definition) is 2. The predicted molar refractivity (Wildman–Crippen MR) is 101 cm³/mol. The molecule has 3 aromatic rings. The van der Waals surface area contributed by atoms with Crippen molar-refractivity contribution >= 4 is 33.5 Å².